The molecule has 0 aromatic heterocycles. The smallest absolute Gasteiger partial charge is 0.159 e. The molecule has 2 rings (SSSR count). The first-order valence-corrected chi connectivity index (χ1v) is 6.59. The molecule has 0 saturated carbocycles. The molecule has 0 heterocycles. The summed E-state index contributed by atoms with van der Waals surface area (Å²) in [5.74, 6) is -2.06. The molecule has 2 N–H and O–H groups in total. The van der Waals surface area contributed by atoms with Crippen LogP contribution in [0.3, 0.4) is 0 Å². The van der Waals surface area contributed by atoms with E-state index in [1.165, 1.54) is 18.2 Å². The van der Waals surface area contributed by atoms with Crippen LogP contribution in [-0.2, 0) is 6.54 Å². The second kappa shape index (κ2) is 6.74. The Morgan fingerprint density at radius 2 is 1.67 bits per heavy atom. The highest BCUT2D eigenvalue weighted by atomic mass is 19.2. The summed E-state index contributed by atoms with van der Waals surface area (Å²) in [7, 11) is 1.86. The maximum absolute atomic E-state index is 13.2. The van der Waals surface area contributed by atoms with Gasteiger partial charge in [0.2, 0.25) is 0 Å². The lowest BCUT2D eigenvalue weighted by Gasteiger charge is -2.21. The molecule has 112 valence electrons. The van der Waals surface area contributed by atoms with Crippen LogP contribution in [0, 0.1) is 17.5 Å². The largest absolute Gasteiger partial charge is 0.323 e. The van der Waals surface area contributed by atoms with Gasteiger partial charge in [-0.1, -0.05) is 18.2 Å². The monoisotopic (exact) mass is 294 g/mol. The van der Waals surface area contributed by atoms with Gasteiger partial charge in [-0.3, -0.25) is 0 Å². The third kappa shape index (κ3) is 4.31. The highest BCUT2D eigenvalue weighted by Gasteiger charge is 2.12. The van der Waals surface area contributed by atoms with Crippen molar-refractivity contribution in [3.05, 3.63) is 71.0 Å². The molecule has 0 aliphatic heterocycles. The molecule has 0 radical (unpaired) electrons. The van der Waals surface area contributed by atoms with E-state index in [9.17, 15) is 13.2 Å². The number of nitrogens with two attached hydrogens (primary N) is 1. The Hall–Kier alpha value is -1.85. The van der Waals surface area contributed by atoms with Gasteiger partial charge in [0.25, 0.3) is 0 Å². The molecule has 5 heteroatoms. The zero-order valence-electron chi connectivity index (χ0n) is 11.7. The van der Waals surface area contributed by atoms with Crippen molar-refractivity contribution in [2.24, 2.45) is 5.73 Å². The molecule has 1 unspecified atom stereocenters. The van der Waals surface area contributed by atoms with Gasteiger partial charge in [0.05, 0.1) is 0 Å². The van der Waals surface area contributed by atoms with Gasteiger partial charge in [-0.15, -0.1) is 0 Å². The van der Waals surface area contributed by atoms with Gasteiger partial charge < -0.3 is 10.6 Å². The van der Waals surface area contributed by atoms with Crippen LogP contribution in [0.4, 0.5) is 13.2 Å². The van der Waals surface area contributed by atoms with E-state index in [1.54, 1.807) is 12.1 Å². The second-order valence-corrected chi connectivity index (χ2v) is 5.10. The zero-order valence-corrected chi connectivity index (χ0v) is 11.7. The molecule has 0 saturated heterocycles. The third-order valence-corrected chi connectivity index (χ3v) is 3.25. The van der Waals surface area contributed by atoms with Crippen molar-refractivity contribution in [3.63, 3.8) is 0 Å². The Kier molecular flexibility index (Phi) is 4.98. The van der Waals surface area contributed by atoms with E-state index < -0.39 is 17.7 Å². The van der Waals surface area contributed by atoms with Gasteiger partial charge >= 0.3 is 0 Å². The third-order valence-electron chi connectivity index (χ3n) is 3.25. The van der Waals surface area contributed by atoms with Gasteiger partial charge in [0.15, 0.2) is 11.6 Å². The minimum atomic E-state index is -0.899. The minimum absolute atomic E-state index is 0.278. The molecule has 2 aromatic carbocycles. The Morgan fingerprint density at radius 1 is 1.00 bits per heavy atom. The summed E-state index contributed by atoms with van der Waals surface area (Å²) in [5, 5.41) is 0. The normalized spacial score (nSPS) is 12.7. The van der Waals surface area contributed by atoms with E-state index in [1.807, 2.05) is 11.9 Å². The fraction of sp³-hybridized carbons (Fsp3) is 0.250. The number of benzene rings is 2. The summed E-state index contributed by atoms with van der Waals surface area (Å²) in [6.07, 6.45) is 0. The van der Waals surface area contributed by atoms with Gasteiger partial charge in [0.1, 0.15) is 5.82 Å². The van der Waals surface area contributed by atoms with E-state index in [2.05, 4.69) is 0 Å². The zero-order chi connectivity index (χ0) is 15.4. The fourth-order valence-corrected chi connectivity index (χ4v) is 2.15. The molecule has 0 amide bonds. The molecule has 2 nitrogen and oxygen atoms in total. The van der Waals surface area contributed by atoms with Crippen LogP contribution in [0.1, 0.15) is 17.2 Å². The number of rotatable bonds is 5. The van der Waals surface area contributed by atoms with Crippen molar-refractivity contribution in [2.75, 3.05) is 13.6 Å². The van der Waals surface area contributed by atoms with Gasteiger partial charge in [-0.2, -0.15) is 0 Å². The topological polar surface area (TPSA) is 29.3 Å². The van der Waals surface area contributed by atoms with Gasteiger partial charge in [-0.05, 0) is 42.4 Å². The number of hydrogen-bond donors (Lipinski definition) is 1. The molecule has 0 fully saturated rings. The van der Waals surface area contributed by atoms with Crippen LogP contribution >= 0.6 is 0 Å². The van der Waals surface area contributed by atoms with Crippen molar-refractivity contribution in [2.45, 2.75) is 12.6 Å². The first kappa shape index (κ1) is 15.5. The lowest BCUT2D eigenvalue weighted by Crippen LogP contribution is -2.28. The lowest BCUT2D eigenvalue weighted by atomic mass is 10.1. The SMILES string of the molecule is CN(Cc1ccc(F)cc1)CC(N)c1ccc(F)c(F)c1. The Bertz CT molecular complexity index is 599. The summed E-state index contributed by atoms with van der Waals surface area (Å²) >= 11 is 0. The molecule has 0 aliphatic carbocycles. The maximum atomic E-state index is 13.2. The second-order valence-electron chi connectivity index (χ2n) is 5.10. The van der Waals surface area contributed by atoms with E-state index >= 15 is 0 Å². The van der Waals surface area contributed by atoms with E-state index in [4.69, 9.17) is 5.73 Å². The van der Waals surface area contributed by atoms with Crippen LogP contribution in [-0.4, -0.2) is 18.5 Å². The van der Waals surface area contributed by atoms with Crippen LogP contribution in [0.25, 0.3) is 0 Å². The number of halogens is 3. The number of likely N-dealkylation sites (N-methyl/N-ethyl adjacent to an activating group) is 1. The lowest BCUT2D eigenvalue weighted by molar-refractivity contribution is 0.304. The van der Waals surface area contributed by atoms with Crippen molar-refractivity contribution >= 4 is 0 Å². The van der Waals surface area contributed by atoms with Crippen LogP contribution < -0.4 is 5.73 Å². The standard InChI is InChI=1S/C16H17F3N2/c1-21(9-11-2-5-13(17)6-3-11)10-16(20)12-4-7-14(18)15(19)8-12/h2-8,16H,9-10,20H2,1H3. The highest BCUT2D eigenvalue weighted by Crippen LogP contribution is 2.16. The average molecular weight is 294 g/mol. The molecular formula is C16H17F3N2. The molecule has 21 heavy (non-hydrogen) atoms. The van der Waals surface area contributed by atoms with E-state index in [0.717, 1.165) is 17.7 Å². The molecule has 0 bridgehead atoms. The molecular weight excluding hydrogens is 277 g/mol. The van der Waals surface area contributed by atoms with Gasteiger partial charge in [-0.25, -0.2) is 13.2 Å². The maximum Gasteiger partial charge on any atom is 0.159 e. The van der Waals surface area contributed by atoms with E-state index in [-0.39, 0.29) is 5.82 Å². The molecule has 1 atom stereocenters. The van der Waals surface area contributed by atoms with Crippen LogP contribution in [0.5, 0.6) is 0 Å². The van der Waals surface area contributed by atoms with Crippen molar-refractivity contribution in [1.29, 1.82) is 0 Å². The van der Waals surface area contributed by atoms with Crippen molar-refractivity contribution in [1.82, 2.24) is 4.90 Å². The van der Waals surface area contributed by atoms with Crippen LogP contribution in [0.15, 0.2) is 42.5 Å². The predicted molar refractivity (Wildman–Crippen MR) is 76.0 cm³/mol. The number of nitrogens with zero attached hydrogens (tertiary/aromatic N) is 1. The first-order valence-electron chi connectivity index (χ1n) is 6.59. The molecule has 0 spiro atoms. The summed E-state index contributed by atoms with van der Waals surface area (Å²) in [6, 6.07) is 9.46. The quantitative estimate of drug-likeness (QED) is 0.917. The van der Waals surface area contributed by atoms with Crippen LogP contribution in [0.2, 0.25) is 0 Å². The first-order chi connectivity index (χ1) is 9.95. The van der Waals surface area contributed by atoms with E-state index in [0.29, 0.717) is 18.7 Å². The van der Waals surface area contributed by atoms with Gasteiger partial charge in [0, 0.05) is 19.1 Å². The Balaban J connectivity index is 1.96. The van der Waals surface area contributed by atoms with Crippen molar-refractivity contribution < 1.29 is 13.2 Å². The highest BCUT2D eigenvalue weighted by molar-refractivity contribution is 5.21. The molecule has 0 aliphatic rings. The predicted octanol–water partition coefficient (Wildman–Crippen LogP) is 3.24. The Morgan fingerprint density at radius 3 is 2.29 bits per heavy atom. The summed E-state index contributed by atoms with van der Waals surface area (Å²) in [5.41, 5.74) is 7.50. The molecule has 2 aromatic rings. The summed E-state index contributed by atoms with van der Waals surface area (Å²) in [6.45, 7) is 1.07. The van der Waals surface area contributed by atoms with Crippen molar-refractivity contribution in [3.8, 4) is 0 Å². The Labute approximate surface area is 122 Å². The fourth-order valence-electron chi connectivity index (χ4n) is 2.15. The summed E-state index contributed by atoms with van der Waals surface area (Å²) < 4.78 is 38.9. The number of hydrogen-bond acceptors (Lipinski definition) is 2. The average Bonchev–Trinajstić information content (AvgIpc) is 2.44. The summed E-state index contributed by atoms with van der Waals surface area (Å²) in [4.78, 5) is 1.94. The minimum Gasteiger partial charge on any atom is -0.323 e.